The predicted molar refractivity (Wildman–Crippen MR) is 73.0 cm³/mol. The zero-order chi connectivity index (χ0) is 14.8. The van der Waals surface area contributed by atoms with Crippen molar-refractivity contribution in [2.75, 3.05) is 6.61 Å². The molecule has 0 aromatic heterocycles. The van der Waals surface area contributed by atoms with Gasteiger partial charge in [-0.1, -0.05) is 25.8 Å². The molecule has 1 aromatic rings. The third kappa shape index (κ3) is 2.93. The second-order valence-electron chi connectivity index (χ2n) is 5.73. The van der Waals surface area contributed by atoms with Crippen LogP contribution in [0.4, 0.5) is 4.39 Å². The Morgan fingerprint density at radius 2 is 2.30 bits per heavy atom. The highest BCUT2D eigenvalue weighted by Gasteiger charge is 2.36. The molecule has 0 saturated heterocycles. The number of aromatic hydroxyl groups is 1. The Kier molecular flexibility index (Phi) is 4.28. The van der Waals surface area contributed by atoms with Crippen LogP contribution in [0.15, 0.2) is 18.2 Å². The Morgan fingerprint density at radius 1 is 1.55 bits per heavy atom. The molecule has 1 saturated carbocycles. The second kappa shape index (κ2) is 5.79. The molecule has 2 unspecified atom stereocenters. The number of hydrogen-bond donors (Lipinski definition) is 3. The summed E-state index contributed by atoms with van der Waals surface area (Å²) in [6.07, 6.45) is 3.28. The van der Waals surface area contributed by atoms with Gasteiger partial charge in [-0.2, -0.15) is 0 Å². The van der Waals surface area contributed by atoms with Crippen LogP contribution in [-0.2, 0) is 0 Å². The van der Waals surface area contributed by atoms with Gasteiger partial charge < -0.3 is 15.5 Å². The molecular weight excluding hydrogens is 261 g/mol. The van der Waals surface area contributed by atoms with E-state index in [-0.39, 0.29) is 17.9 Å². The van der Waals surface area contributed by atoms with Crippen LogP contribution in [0, 0.1) is 11.7 Å². The first-order valence-electron chi connectivity index (χ1n) is 6.88. The average Bonchev–Trinajstić information content (AvgIpc) is 2.38. The van der Waals surface area contributed by atoms with E-state index in [2.05, 4.69) is 12.2 Å². The van der Waals surface area contributed by atoms with Crippen molar-refractivity contribution >= 4 is 5.91 Å². The van der Waals surface area contributed by atoms with E-state index in [0.717, 1.165) is 18.9 Å². The number of benzene rings is 1. The van der Waals surface area contributed by atoms with E-state index in [0.29, 0.717) is 18.8 Å². The van der Waals surface area contributed by atoms with Gasteiger partial charge in [-0.25, -0.2) is 4.39 Å². The number of amides is 1. The molecule has 0 spiro atoms. The third-order valence-corrected chi connectivity index (χ3v) is 3.99. The van der Waals surface area contributed by atoms with Gasteiger partial charge in [-0.05, 0) is 30.9 Å². The summed E-state index contributed by atoms with van der Waals surface area (Å²) in [5.41, 5.74) is -1.08. The number of phenols is 1. The summed E-state index contributed by atoms with van der Waals surface area (Å²) >= 11 is 0. The van der Waals surface area contributed by atoms with Crippen molar-refractivity contribution < 1.29 is 19.4 Å². The molecule has 110 valence electrons. The number of nitrogens with one attached hydrogen (secondary N) is 1. The van der Waals surface area contributed by atoms with Gasteiger partial charge in [0.25, 0.3) is 5.91 Å². The van der Waals surface area contributed by atoms with Crippen LogP contribution >= 0.6 is 0 Å². The van der Waals surface area contributed by atoms with Gasteiger partial charge in [0.2, 0.25) is 0 Å². The highest BCUT2D eigenvalue weighted by atomic mass is 19.1. The van der Waals surface area contributed by atoms with Gasteiger partial charge >= 0.3 is 0 Å². The van der Waals surface area contributed by atoms with Crippen molar-refractivity contribution in [3.8, 4) is 5.75 Å². The fourth-order valence-electron chi connectivity index (χ4n) is 3.00. The number of aliphatic hydroxyl groups is 1. The lowest BCUT2D eigenvalue weighted by Crippen LogP contribution is -2.54. The third-order valence-electron chi connectivity index (χ3n) is 3.99. The van der Waals surface area contributed by atoms with Crippen LogP contribution in [-0.4, -0.2) is 28.3 Å². The summed E-state index contributed by atoms with van der Waals surface area (Å²) in [6.45, 7) is 1.88. The van der Waals surface area contributed by atoms with E-state index in [9.17, 15) is 19.4 Å². The SMILES string of the molecule is CC1CCCC(CO)(NC(=O)c2c(O)cccc2F)C1. The molecule has 0 radical (unpaired) electrons. The smallest absolute Gasteiger partial charge is 0.258 e. The van der Waals surface area contributed by atoms with Gasteiger partial charge in [-0.15, -0.1) is 0 Å². The second-order valence-corrected chi connectivity index (χ2v) is 5.73. The number of carbonyl (C=O) groups is 1. The van der Waals surface area contributed by atoms with Gasteiger partial charge in [0, 0.05) is 0 Å². The summed E-state index contributed by atoms with van der Waals surface area (Å²) in [7, 11) is 0. The number of rotatable bonds is 3. The van der Waals surface area contributed by atoms with Crippen LogP contribution in [0.1, 0.15) is 43.0 Å². The van der Waals surface area contributed by atoms with E-state index < -0.39 is 17.3 Å². The van der Waals surface area contributed by atoms with Crippen molar-refractivity contribution in [2.24, 2.45) is 5.92 Å². The average molecular weight is 281 g/mol. The van der Waals surface area contributed by atoms with E-state index in [1.807, 2.05) is 0 Å². The fraction of sp³-hybridized carbons (Fsp3) is 0.533. The molecule has 0 aliphatic heterocycles. The molecule has 20 heavy (non-hydrogen) atoms. The van der Waals surface area contributed by atoms with Crippen molar-refractivity contribution in [3.63, 3.8) is 0 Å². The van der Waals surface area contributed by atoms with Gasteiger partial charge in [0.1, 0.15) is 17.1 Å². The molecule has 5 heteroatoms. The maximum Gasteiger partial charge on any atom is 0.258 e. The standard InChI is InChI=1S/C15H20FNO3/c1-10-4-3-7-15(8-10,9-18)17-14(20)13-11(16)5-2-6-12(13)19/h2,5-6,10,18-19H,3-4,7-9H2,1H3,(H,17,20). The minimum Gasteiger partial charge on any atom is -0.507 e. The molecule has 4 nitrogen and oxygen atoms in total. The molecule has 1 aliphatic rings. The Morgan fingerprint density at radius 3 is 2.90 bits per heavy atom. The minimum atomic E-state index is -0.764. The quantitative estimate of drug-likeness (QED) is 0.795. The summed E-state index contributed by atoms with van der Waals surface area (Å²) in [5.74, 6) is -1.44. The van der Waals surface area contributed by atoms with E-state index in [1.54, 1.807) is 0 Å². The van der Waals surface area contributed by atoms with Crippen LogP contribution < -0.4 is 5.32 Å². The summed E-state index contributed by atoms with van der Waals surface area (Å²) < 4.78 is 13.7. The zero-order valence-corrected chi connectivity index (χ0v) is 11.5. The molecule has 1 aromatic carbocycles. The molecular formula is C15H20FNO3. The Hall–Kier alpha value is -1.62. The minimum absolute atomic E-state index is 0.182. The lowest BCUT2D eigenvalue weighted by Gasteiger charge is -2.39. The molecule has 2 atom stereocenters. The first-order chi connectivity index (χ1) is 9.47. The summed E-state index contributed by atoms with van der Waals surface area (Å²) in [6, 6.07) is 3.74. The molecule has 0 heterocycles. The number of halogens is 1. The van der Waals surface area contributed by atoms with E-state index >= 15 is 0 Å². The van der Waals surface area contributed by atoms with Crippen molar-refractivity contribution in [3.05, 3.63) is 29.6 Å². The van der Waals surface area contributed by atoms with E-state index in [4.69, 9.17) is 0 Å². The number of phenolic OH excluding ortho intramolecular Hbond substituents is 1. The van der Waals surface area contributed by atoms with Gasteiger partial charge in [0.15, 0.2) is 0 Å². The normalized spacial score (nSPS) is 26.2. The monoisotopic (exact) mass is 281 g/mol. The van der Waals surface area contributed by atoms with Gasteiger partial charge in [-0.3, -0.25) is 4.79 Å². The molecule has 3 N–H and O–H groups in total. The Balaban J connectivity index is 2.21. The van der Waals surface area contributed by atoms with Crippen molar-refractivity contribution in [2.45, 2.75) is 38.1 Å². The largest absolute Gasteiger partial charge is 0.507 e. The maximum absolute atomic E-state index is 13.7. The molecule has 1 amide bonds. The van der Waals surface area contributed by atoms with Gasteiger partial charge in [0.05, 0.1) is 12.1 Å². The number of aliphatic hydroxyl groups excluding tert-OH is 1. The number of hydrogen-bond acceptors (Lipinski definition) is 3. The first-order valence-corrected chi connectivity index (χ1v) is 6.88. The first kappa shape index (κ1) is 14.8. The lowest BCUT2D eigenvalue weighted by molar-refractivity contribution is 0.0691. The highest BCUT2D eigenvalue weighted by Crippen LogP contribution is 2.32. The molecule has 1 aliphatic carbocycles. The number of carbonyl (C=O) groups excluding carboxylic acids is 1. The summed E-state index contributed by atoms with van der Waals surface area (Å²) in [5, 5.41) is 22.0. The maximum atomic E-state index is 13.7. The topological polar surface area (TPSA) is 69.6 Å². The summed E-state index contributed by atoms with van der Waals surface area (Å²) in [4.78, 5) is 12.2. The molecule has 1 fully saturated rings. The van der Waals surface area contributed by atoms with Crippen LogP contribution in [0.3, 0.4) is 0 Å². The van der Waals surface area contributed by atoms with Crippen LogP contribution in [0.5, 0.6) is 5.75 Å². The van der Waals surface area contributed by atoms with Crippen LogP contribution in [0.2, 0.25) is 0 Å². The van der Waals surface area contributed by atoms with E-state index in [1.165, 1.54) is 12.1 Å². The zero-order valence-electron chi connectivity index (χ0n) is 11.5. The Labute approximate surface area is 117 Å². The lowest BCUT2D eigenvalue weighted by atomic mass is 9.76. The highest BCUT2D eigenvalue weighted by molar-refractivity contribution is 5.97. The van der Waals surface area contributed by atoms with Crippen molar-refractivity contribution in [1.82, 2.24) is 5.32 Å². The van der Waals surface area contributed by atoms with Crippen LogP contribution in [0.25, 0.3) is 0 Å². The van der Waals surface area contributed by atoms with Crippen molar-refractivity contribution in [1.29, 1.82) is 0 Å². The molecule has 2 rings (SSSR count). The molecule has 0 bridgehead atoms. The fourth-order valence-corrected chi connectivity index (χ4v) is 3.00. The predicted octanol–water partition coefficient (Wildman–Crippen LogP) is 2.20. The Bertz CT molecular complexity index is 486.